The Hall–Kier alpha value is -2.98. The van der Waals surface area contributed by atoms with Crippen molar-refractivity contribution in [2.75, 3.05) is 20.8 Å². The average molecular weight is 327 g/mol. The highest BCUT2D eigenvalue weighted by Crippen LogP contribution is 2.39. The van der Waals surface area contributed by atoms with E-state index in [0.29, 0.717) is 28.3 Å². The quantitative estimate of drug-likeness (QED) is 0.892. The van der Waals surface area contributed by atoms with Crippen molar-refractivity contribution in [2.24, 2.45) is 0 Å². The van der Waals surface area contributed by atoms with E-state index in [4.69, 9.17) is 14.7 Å². The van der Waals surface area contributed by atoms with E-state index in [1.54, 1.807) is 19.2 Å². The number of nitrogens with zero attached hydrogens (tertiary/aromatic N) is 2. The molecule has 0 saturated carbocycles. The molecule has 124 valence electrons. The van der Waals surface area contributed by atoms with Crippen molar-refractivity contribution in [1.29, 1.82) is 5.26 Å². The summed E-state index contributed by atoms with van der Waals surface area (Å²) < 4.78 is 10.7. The molecule has 7 nitrogen and oxygen atoms in total. The van der Waals surface area contributed by atoms with E-state index in [1.807, 2.05) is 6.07 Å². The third-order valence-corrected chi connectivity index (χ3v) is 4.12. The number of ether oxygens (including phenoxy) is 2. The zero-order valence-electron chi connectivity index (χ0n) is 13.4. The largest absolute Gasteiger partial charge is 0.496 e. The summed E-state index contributed by atoms with van der Waals surface area (Å²) in [6.07, 6.45) is 0.596. The van der Waals surface area contributed by atoms with Crippen LogP contribution in [0.2, 0.25) is 0 Å². The number of nitriles is 1. The Morgan fingerprint density at radius 1 is 1.38 bits per heavy atom. The molecule has 0 radical (unpaired) electrons. The van der Waals surface area contributed by atoms with Crippen LogP contribution in [-0.4, -0.2) is 41.7 Å². The fourth-order valence-corrected chi connectivity index (χ4v) is 2.98. The van der Waals surface area contributed by atoms with Gasteiger partial charge < -0.3 is 24.5 Å². The second-order valence-electron chi connectivity index (χ2n) is 5.48. The second-order valence-corrected chi connectivity index (χ2v) is 5.48. The van der Waals surface area contributed by atoms with Gasteiger partial charge in [-0.25, -0.2) is 0 Å². The summed E-state index contributed by atoms with van der Waals surface area (Å²) in [5.74, 6) is 0.870. The average Bonchev–Trinajstić information content (AvgIpc) is 3.09. The molecule has 0 unspecified atom stereocenters. The molecule has 1 aliphatic rings. The van der Waals surface area contributed by atoms with Crippen molar-refractivity contribution in [3.8, 4) is 17.6 Å². The summed E-state index contributed by atoms with van der Waals surface area (Å²) in [6.45, 7) is 0.419. The molecule has 3 rings (SSSR count). The van der Waals surface area contributed by atoms with E-state index >= 15 is 0 Å². The molecule has 1 atom stereocenters. The van der Waals surface area contributed by atoms with E-state index in [-0.39, 0.29) is 19.0 Å². The van der Waals surface area contributed by atoms with Gasteiger partial charge in [-0.3, -0.25) is 4.79 Å². The van der Waals surface area contributed by atoms with E-state index < -0.39 is 6.10 Å². The Bertz CT molecular complexity index is 822. The molecular weight excluding hydrogens is 310 g/mol. The van der Waals surface area contributed by atoms with Crippen molar-refractivity contribution in [3.63, 3.8) is 0 Å². The number of benzene rings is 1. The molecule has 0 fully saturated rings. The van der Waals surface area contributed by atoms with Crippen LogP contribution < -0.4 is 9.47 Å². The zero-order chi connectivity index (χ0) is 17.3. The highest BCUT2D eigenvalue weighted by Gasteiger charge is 2.32. The molecule has 7 heteroatoms. The summed E-state index contributed by atoms with van der Waals surface area (Å²) in [5.41, 5.74) is 2.06. The maximum Gasteiger partial charge on any atom is 0.270 e. The van der Waals surface area contributed by atoms with Gasteiger partial charge in [0.1, 0.15) is 29.4 Å². The molecule has 0 saturated heterocycles. The van der Waals surface area contributed by atoms with Crippen molar-refractivity contribution in [3.05, 3.63) is 46.8 Å². The van der Waals surface area contributed by atoms with Crippen LogP contribution in [0.5, 0.6) is 11.5 Å². The molecule has 0 bridgehead atoms. The Morgan fingerprint density at radius 2 is 2.08 bits per heavy atom. The first kappa shape index (κ1) is 15.9. The monoisotopic (exact) mass is 327 g/mol. The van der Waals surface area contributed by atoms with Gasteiger partial charge >= 0.3 is 0 Å². The van der Waals surface area contributed by atoms with E-state index in [2.05, 4.69) is 4.98 Å². The Morgan fingerprint density at radius 3 is 2.71 bits per heavy atom. The lowest BCUT2D eigenvalue weighted by Crippen LogP contribution is -2.38. The first-order valence-corrected chi connectivity index (χ1v) is 7.38. The third kappa shape index (κ3) is 2.57. The van der Waals surface area contributed by atoms with Gasteiger partial charge in [-0.1, -0.05) is 0 Å². The summed E-state index contributed by atoms with van der Waals surface area (Å²) in [5, 5.41) is 19.4. The lowest BCUT2D eigenvalue weighted by Gasteiger charge is -2.33. The minimum absolute atomic E-state index is 0.135. The summed E-state index contributed by atoms with van der Waals surface area (Å²) >= 11 is 0. The first-order valence-electron chi connectivity index (χ1n) is 7.38. The highest BCUT2D eigenvalue weighted by atomic mass is 16.5. The lowest BCUT2D eigenvalue weighted by atomic mass is 9.95. The van der Waals surface area contributed by atoms with Crippen LogP contribution in [0.3, 0.4) is 0 Å². The summed E-state index contributed by atoms with van der Waals surface area (Å²) in [6, 6.07) is 6.96. The highest BCUT2D eigenvalue weighted by molar-refractivity contribution is 5.93. The number of rotatable bonds is 3. The van der Waals surface area contributed by atoms with Gasteiger partial charge in [0.05, 0.1) is 32.9 Å². The fraction of sp³-hybridized carbons (Fsp3) is 0.294. The van der Waals surface area contributed by atoms with Crippen LogP contribution in [0, 0.1) is 11.3 Å². The summed E-state index contributed by atoms with van der Waals surface area (Å²) in [4.78, 5) is 16.9. The SMILES string of the molecule is COc1ccc(OC)c2c1CN(C(=O)c1cc(C#N)c[nH]1)C[C@H]2O. The molecule has 0 spiro atoms. The number of methoxy groups -OCH3 is 2. The fourth-order valence-electron chi connectivity index (χ4n) is 2.98. The molecule has 0 aliphatic carbocycles. The third-order valence-electron chi connectivity index (χ3n) is 4.12. The predicted octanol–water partition coefficient (Wildman–Crippen LogP) is 1.59. The van der Waals surface area contributed by atoms with Gasteiger partial charge in [0, 0.05) is 17.3 Å². The minimum atomic E-state index is -0.881. The number of aromatic nitrogens is 1. The molecule has 1 aromatic heterocycles. The Labute approximate surface area is 139 Å². The number of nitrogens with one attached hydrogen (secondary N) is 1. The second kappa shape index (κ2) is 6.26. The number of aromatic amines is 1. The zero-order valence-corrected chi connectivity index (χ0v) is 13.4. The minimum Gasteiger partial charge on any atom is -0.496 e. The van der Waals surface area contributed by atoms with Crippen molar-refractivity contribution in [1.82, 2.24) is 9.88 Å². The van der Waals surface area contributed by atoms with Gasteiger partial charge in [0.15, 0.2) is 0 Å². The van der Waals surface area contributed by atoms with E-state index in [0.717, 1.165) is 5.56 Å². The van der Waals surface area contributed by atoms with E-state index in [9.17, 15) is 9.90 Å². The van der Waals surface area contributed by atoms with Crippen molar-refractivity contribution >= 4 is 5.91 Å². The Kier molecular flexibility index (Phi) is 4.15. The first-order chi connectivity index (χ1) is 11.6. The number of hydrogen-bond donors (Lipinski definition) is 2. The number of amides is 1. The molecular formula is C17H17N3O4. The van der Waals surface area contributed by atoms with Gasteiger partial charge in [-0.15, -0.1) is 0 Å². The predicted molar refractivity (Wildman–Crippen MR) is 84.8 cm³/mol. The van der Waals surface area contributed by atoms with Crippen LogP contribution in [0.15, 0.2) is 24.4 Å². The van der Waals surface area contributed by atoms with Gasteiger partial charge in [0.2, 0.25) is 0 Å². The van der Waals surface area contributed by atoms with Crippen LogP contribution in [-0.2, 0) is 6.54 Å². The molecule has 2 heterocycles. The van der Waals surface area contributed by atoms with Crippen molar-refractivity contribution in [2.45, 2.75) is 12.6 Å². The van der Waals surface area contributed by atoms with Crippen LogP contribution >= 0.6 is 0 Å². The lowest BCUT2D eigenvalue weighted by molar-refractivity contribution is 0.0534. The number of carbonyl (C=O) groups excluding carboxylic acids is 1. The molecule has 2 aromatic rings. The normalized spacial score (nSPS) is 16.2. The summed E-state index contributed by atoms with van der Waals surface area (Å²) in [7, 11) is 3.08. The van der Waals surface area contributed by atoms with Crippen LogP contribution in [0.1, 0.15) is 33.3 Å². The topological polar surface area (TPSA) is 98.6 Å². The maximum absolute atomic E-state index is 12.6. The van der Waals surface area contributed by atoms with Gasteiger partial charge in [0.25, 0.3) is 5.91 Å². The van der Waals surface area contributed by atoms with Gasteiger partial charge in [-0.2, -0.15) is 5.26 Å². The standard InChI is InChI=1S/C17H17N3O4/c1-23-14-3-4-15(24-2)16-11(14)8-20(9-13(16)21)17(22)12-5-10(6-18)7-19-12/h3-5,7,13,19,21H,8-9H2,1-2H3/t13-/m1/s1. The Balaban J connectivity index is 1.96. The number of fused-ring (bicyclic) bond motifs is 1. The van der Waals surface area contributed by atoms with Gasteiger partial charge in [-0.05, 0) is 18.2 Å². The number of carbonyl (C=O) groups is 1. The number of β-amino-alcohol motifs (C(OH)–C–C–N with tert-alkyl or cyclic N) is 1. The molecule has 2 N–H and O–H groups in total. The molecule has 1 aromatic carbocycles. The van der Waals surface area contributed by atoms with Crippen LogP contribution in [0.4, 0.5) is 0 Å². The maximum atomic E-state index is 12.6. The number of aliphatic hydroxyl groups excluding tert-OH is 1. The van der Waals surface area contributed by atoms with Crippen molar-refractivity contribution < 1.29 is 19.4 Å². The van der Waals surface area contributed by atoms with E-state index in [1.165, 1.54) is 24.3 Å². The van der Waals surface area contributed by atoms with Crippen LogP contribution in [0.25, 0.3) is 0 Å². The number of H-pyrrole nitrogens is 1. The molecule has 1 amide bonds. The molecule has 1 aliphatic heterocycles. The smallest absolute Gasteiger partial charge is 0.270 e. The number of hydrogen-bond acceptors (Lipinski definition) is 5. The number of aliphatic hydroxyl groups is 1. The molecule has 24 heavy (non-hydrogen) atoms.